The van der Waals surface area contributed by atoms with Crippen molar-refractivity contribution >= 4 is 21.5 Å². The van der Waals surface area contributed by atoms with Crippen molar-refractivity contribution in [3.63, 3.8) is 0 Å². The van der Waals surface area contributed by atoms with Crippen LogP contribution < -0.4 is 4.72 Å². The Bertz CT molecular complexity index is 540. The van der Waals surface area contributed by atoms with Crippen LogP contribution in [0.15, 0.2) is 11.4 Å². The summed E-state index contributed by atoms with van der Waals surface area (Å²) in [4.78, 5) is 0.921. The Kier molecular flexibility index (Phi) is 5.78. The predicted molar refractivity (Wildman–Crippen MR) is 72.3 cm³/mol. The zero-order valence-corrected chi connectivity index (χ0v) is 11.9. The number of rotatable bonds is 5. The second-order valence-electron chi connectivity index (χ2n) is 3.54. The SMILES string of the molecule is CNS(=O)(=O)N(C)Cc1cc(C#CCCO)cs1. The summed E-state index contributed by atoms with van der Waals surface area (Å²) in [7, 11) is -0.490. The minimum atomic E-state index is -3.39. The minimum absolute atomic E-state index is 0.0488. The van der Waals surface area contributed by atoms with Crippen LogP contribution in [0.4, 0.5) is 0 Å². The summed E-state index contributed by atoms with van der Waals surface area (Å²) >= 11 is 1.46. The second kappa shape index (κ2) is 6.87. The van der Waals surface area contributed by atoms with E-state index in [-0.39, 0.29) is 6.61 Å². The first-order chi connectivity index (χ1) is 8.49. The first-order valence-corrected chi connectivity index (χ1v) is 7.63. The van der Waals surface area contributed by atoms with E-state index in [0.29, 0.717) is 13.0 Å². The molecule has 2 N–H and O–H groups in total. The third kappa shape index (κ3) is 4.40. The summed E-state index contributed by atoms with van der Waals surface area (Å²) in [6.07, 6.45) is 0.444. The second-order valence-corrected chi connectivity index (χ2v) is 6.52. The number of thiophene rings is 1. The number of nitrogens with zero attached hydrogens (tertiary/aromatic N) is 1. The number of aliphatic hydroxyl groups is 1. The Labute approximate surface area is 112 Å². The molecular formula is C11H16N2O3S2. The van der Waals surface area contributed by atoms with Gasteiger partial charge in [0.05, 0.1) is 6.61 Å². The van der Waals surface area contributed by atoms with Crippen molar-refractivity contribution in [2.24, 2.45) is 0 Å². The molecule has 1 aromatic rings. The van der Waals surface area contributed by atoms with Crippen LogP contribution in [0.3, 0.4) is 0 Å². The Hall–Kier alpha value is -0.910. The normalized spacial score (nSPS) is 11.3. The quantitative estimate of drug-likeness (QED) is 0.770. The first kappa shape index (κ1) is 15.1. The van der Waals surface area contributed by atoms with Gasteiger partial charge < -0.3 is 5.11 Å². The van der Waals surface area contributed by atoms with Gasteiger partial charge in [-0.25, -0.2) is 4.72 Å². The number of hydrogen-bond donors (Lipinski definition) is 2. The molecule has 0 radical (unpaired) electrons. The largest absolute Gasteiger partial charge is 0.395 e. The van der Waals surface area contributed by atoms with Crippen LogP contribution in [0, 0.1) is 11.8 Å². The average molecular weight is 288 g/mol. The summed E-state index contributed by atoms with van der Waals surface area (Å²) in [5, 5.41) is 10.5. The molecule has 0 bridgehead atoms. The molecule has 0 aromatic carbocycles. The van der Waals surface area contributed by atoms with Crippen LogP contribution in [0.2, 0.25) is 0 Å². The molecule has 100 valence electrons. The van der Waals surface area contributed by atoms with E-state index in [1.807, 2.05) is 11.4 Å². The van der Waals surface area contributed by atoms with Gasteiger partial charge in [0.15, 0.2) is 0 Å². The van der Waals surface area contributed by atoms with Gasteiger partial charge in [-0.15, -0.1) is 11.3 Å². The molecule has 1 heterocycles. The molecule has 7 heteroatoms. The zero-order chi connectivity index (χ0) is 13.6. The fourth-order valence-electron chi connectivity index (χ4n) is 1.21. The van der Waals surface area contributed by atoms with Gasteiger partial charge in [-0.3, -0.25) is 0 Å². The van der Waals surface area contributed by atoms with Crippen LogP contribution in [0.5, 0.6) is 0 Å². The molecule has 0 saturated carbocycles. The molecule has 0 aliphatic heterocycles. The molecule has 0 amide bonds. The van der Waals surface area contributed by atoms with Crippen LogP contribution in [0.25, 0.3) is 0 Å². The zero-order valence-electron chi connectivity index (χ0n) is 10.3. The van der Waals surface area contributed by atoms with E-state index in [4.69, 9.17) is 5.11 Å². The first-order valence-electron chi connectivity index (χ1n) is 5.31. The van der Waals surface area contributed by atoms with Gasteiger partial charge in [0.2, 0.25) is 0 Å². The Morgan fingerprint density at radius 1 is 1.56 bits per heavy atom. The van der Waals surface area contributed by atoms with E-state index in [2.05, 4.69) is 16.6 Å². The molecule has 0 aliphatic rings. The van der Waals surface area contributed by atoms with E-state index >= 15 is 0 Å². The molecule has 0 fully saturated rings. The Morgan fingerprint density at radius 3 is 2.89 bits per heavy atom. The highest BCUT2D eigenvalue weighted by Crippen LogP contribution is 2.16. The lowest BCUT2D eigenvalue weighted by atomic mass is 10.3. The van der Waals surface area contributed by atoms with Crippen molar-refractivity contribution in [3.8, 4) is 11.8 Å². The van der Waals surface area contributed by atoms with E-state index in [0.717, 1.165) is 10.4 Å². The molecule has 1 aromatic heterocycles. The highest BCUT2D eigenvalue weighted by Gasteiger charge is 2.15. The summed E-state index contributed by atoms with van der Waals surface area (Å²) in [6.45, 7) is 0.364. The maximum Gasteiger partial charge on any atom is 0.279 e. The Morgan fingerprint density at radius 2 is 2.28 bits per heavy atom. The Balaban J connectivity index is 2.68. The van der Waals surface area contributed by atoms with Gasteiger partial charge in [-0.05, 0) is 6.07 Å². The molecule has 18 heavy (non-hydrogen) atoms. The molecule has 0 saturated heterocycles. The van der Waals surface area contributed by atoms with Gasteiger partial charge in [-0.2, -0.15) is 12.7 Å². The van der Waals surface area contributed by atoms with E-state index in [9.17, 15) is 8.42 Å². The fourth-order valence-corrected chi connectivity index (χ4v) is 2.78. The monoisotopic (exact) mass is 288 g/mol. The average Bonchev–Trinajstić information content (AvgIpc) is 2.77. The van der Waals surface area contributed by atoms with Crippen molar-refractivity contribution in [3.05, 3.63) is 21.9 Å². The van der Waals surface area contributed by atoms with Crippen LogP contribution in [-0.2, 0) is 16.8 Å². The fraction of sp³-hybridized carbons (Fsp3) is 0.455. The van der Waals surface area contributed by atoms with E-state index < -0.39 is 10.2 Å². The van der Waals surface area contributed by atoms with Gasteiger partial charge in [0.25, 0.3) is 10.2 Å². The number of nitrogens with one attached hydrogen (secondary N) is 1. The predicted octanol–water partition coefficient (Wildman–Crippen LogP) is 0.378. The van der Waals surface area contributed by atoms with Crippen molar-refractivity contribution in [2.45, 2.75) is 13.0 Å². The lowest BCUT2D eigenvalue weighted by molar-refractivity contribution is 0.305. The smallest absolute Gasteiger partial charge is 0.279 e. The highest BCUT2D eigenvalue weighted by molar-refractivity contribution is 7.87. The number of aliphatic hydroxyl groups excluding tert-OH is 1. The van der Waals surface area contributed by atoms with Gasteiger partial charge in [0, 0.05) is 42.9 Å². The van der Waals surface area contributed by atoms with Crippen molar-refractivity contribution in [2.75, 3.05) is 20.7 Å². The summed E-state index contributed by atoms with van der Waals surface area (Å²) in [6, 6.07) is 1.86. The molecule has 0 atom stereocenters. The van der Waals surface area contributed by atoms with E-state index in [1.54, 1.807) is 0 Å². The van der Waals surface area contributed by atoms with E-state index in [1.165, 1.54) is 29.7 Å². The lowest BCUT2D eigenvalue weighted by Gasteiger charge is -2.14. The summed E-state index contributed by atoms with van der Waals surface area (Å²) in [5.41, 5.74) is 0.846. The maximum absolute atomic E-state index is 11.5. The van der Waals surface area contributed by atoms with Gasteiger partial charge in [0.1, 0.15) is 0 Å². The number of hydrogen-bond acceptors (Lipinski definition) is 4. The maximum atomic E-state index is 11.5. The molecule has 5 nitrogen and oxygen atoms in total. The standard InChI is InChI=1S/C11H16N2O3S2/c1-12-18(15,16)13(2)8-11-7-10(9-17-11)5-3-4-6-14/h7,9,12,14H,4,6,8H2,1-2H3. The van der Waals surface area contributed by atoms with Crippen LogP contribution in [-0.4, -0.2) is 38.5 Å². The lowest BCUT2D eigenvalue weighted by Crippen LogP contribution is -2.35. The molecular weight excluding hydrogens is 272 g/mol. The van der Waals surface area contributed by atoms with Gasteiger partial charge in [-0.1, -0.05) is 11.8 Å². The third-order valence-electron chi connectivity index (χ3n) is 2.17. The minimum Gasteiger partial charge on any atom is -0.395 e. The summed E-state index contributed by atoms with van der Waals surface area (Å²) in [5.74, 6) is 5.73. The van der Waals surface area contributed by atoms with Crippen molar-refractivity contribution < 1.29 is 13.5 Å². The third-order valence-corrected chi connectivity index (χ3v) is 4.56. The highest BCUT2D eigenvalue weighted by atomic mass is 32.2. The topological polar surface area (TPSA) is 69.6 Å². The molecule has 0 aliphatic carbocycles. The van der Waals surface area contributed by atoms with Crippen LogP contribution in [0.1, 0.15) is 16.9 Å². The van der Waals surface area contributed by atoms with Crippen molar-refractivity contribution in [1.29, 1.82) is 0 Å². The van der Waals surface area contributed by atoms with Gasteiger partial charge >= 0.3 is 0 Å². The van der Waals surface area contributed by atoms with Crippen LogP contribution >= 0.6 is 11.3 Å². The summed E-state index contributed by atoms with van der Waals surface area (Å²) < 4.78 is 26.5. The molecule has 0 spiro atoms. The molecule has 0 unspecified atom stereocenters. The van der Waals surface area contributed by atoms with Crippen molar-refractivity contribution in [1.82, 2.24) is 9.03 Å². The molecule has 1 rings (SSSR count).